The third-order valence-corrected chi connectivity index (χ3v) is 2.00. The molecule has 1 unspecified atom stereocenters. The normalized spacial score (nSPS) is 12.2. The van der Waals surface area contributed by atoms with Gasteiger partial charge in [-0.1, -0.05) is 15.9 Å². The molecule has 0 heterocycles. The number of carbonyl (C=O) groups is 1. The molecule has 13 heavy (non-hydrogen) atoms. The summed E-state index contributed by atoms with van der Waals surface area (Å²) in [7, 11) is 0. The molecule has 1 N–H and O–H groups in total. The number of hydrogen-bond donors (Lipinski definition) is 1. The number of rotatable bonds is 2. The summed E-state index contributed by atoms with van der Waals surface area (Å²) in [6.45, 7) is 1.20. The summed E-state index contributed by atoms with van der Waals surface area (Å²) in [5.74, 6) is -0.623. The van der Waals surface area contributed by atoms with E-state index in [1.54, 1.807) is 24.3 Å². The Balaban J connectivity index is 2.65. The Morgan fingerprint density at radius 3 is 2.46 bits per heavy atom. The van der Waals surface area contributed by atoms with Crippen LogP contribution in [-0.4, -0.2) is 12.1 Å². The lowest BCUT2D eigenvalue weighted by Crippen LogP contribution is -2.20. The Kier molecular flexibility index (Phi) is 3.42. The van der Waals surface area contributed by atoms with E-state index in [9.17, 15) is 9.18 Å². The molecular weight excluding hydrogens is 237 g/mol. The maximum atomic E-state index is 12.4. The second-order valence-electron chi connectivity index (χ2n) is 2.61. The third kappa shape index (κ3) is 3.14. The summed E-state index contributed by atoms with van der Waals surface area (Å²) in [6, 6.07) is 6.95. The second kappa shape index (κ2) is 4.37. The maximum Gasteiger partial charge on any atom is 0.258 e. The van der Waals surface area contributed by atoms with E-state index >= 15 is 0 Å². The Labute approximate surface area is 84.3 Å². The molecule has 1 aromatic carbocycles. The van der Waals surface area contributed by atoms with Crippen molar-refractivity contribution in [3.05, 3.63) is 28.7 Å². The molecule has 0 aromatic heterocycles. The van der Waals surface area contributed by atoms with Gasteiger partial charge in [0, 0.05) is 10.2 Å². The van der Waals surface area contributed by atoms with Crippen LogP contribution < -0.4 is 5.32 Å². The Morgan fingerprint density at radius 2 is 2.00 bits per heavy atom. The van der Waals surface area contributed by atoms with Crippen molar-refractivity contribution >= 4 is 27.5 Å². The lowest BCUT2D eigenvalue weighted by molar-refractivity contribution is -0.120. The van der Waals surface area contributed by atoms with Crippen LogP contribution in [-0.2, 0) is 4.79 Å². The molecule has 2 nitrogen and oxygen atoms in total. The molecular formula is C9H9BrFNO. The molecule has 0 fully saturated rings. The third-order valence-electron chi connectivity index (χ3n) is 1.47. The number of nitrogens with one attached hydrogen (secondary N) is 1. The van der Waals surface area contributed by atoms with Crippen molar-refractivity contribution in [1.29, 1.82) is 0 Å². The summed E-state index contributed by atoms with van der Waals surface area (Å²) < 4.78 is 13.4. The Morgan fingerprint density at radius 1 is 1.46 bits per heavy atom. The molecule has 1 atom stereocenters. The van der Waals surface area contributed by atoms with E-state index in [1.165, 1.54) is 6.92 Å². The van der Waals surface area contributed by atoms with E-state index in [-0.39, 0.29) is 0 Å². The predicted molar refractivity (Wildman–Crippen MR) is 53.3 cm³/mol. The van der Waals surface area contributed by atoms with Crippen molar-refractivity contribution in [3.63, 3.8) is 0 Å². The molecule has 0 bridgehead atoms. The number of carbonyl (C=O) groups excluding carboxylic acids is 1. The molecule has 1 amide bonds. The first-order valence-corrected chi connectivity index (χ1v) is 4.59. The highest BCUT2D eigenvalue weighted by atomic mass is 79.9. The van der Waals surface area contributed by atoms with Gasteiger partial charge in [0.05, 0.1) is 0 Å². The topological polar surface area (TPSA) is 29.1 Å². The molecule has 0 saturated heterocycles. The molecule has 4 heteroatoms. The van der Waals surface area contributed by atoms with Crippen molar-refractivity contribution < 1.29 is 9.18 Å². The maximum absolute atomic E-state index is 12.4. The van der Waals surface area contributed by atoms with Gasteiger partial charge in [-0.15, -0.1) is 0 Å². The minimum atomic E-state index is -1.48. The first kappa shape index (κ1) is 10.2. The summed E-state index contributed by atoms with van der Waals surface area (Å²) in [4.78, 5) is 10.9. The summed E-state index contributed by atoms with van der Waals surface area (Å²) in [5.41, 5.74) is 0.595. The van der Waals surface area contributed by atoms with Gasteiger partial charge in [0.15, 0.2) is 6.17 Å². The van der Waals surface area contributed by atoms with Crippen molar-refractivity contribution in [2.75, 3.05) is 5.32 Å². The first-order valence-electron chi connectivity index (χ1n) is 3.80. The van der Waals surface area contributed by atoms with Crippen molar-refractivity contribution in [3.8, 4) is 0 Å². The van der Waals surface area contributed by atoms with Gasteiger partial charge in [-0.25, -0.2) is 4.39 Å². The van der Waals surface area contributed by atoms with Crippen molar-refractivity contribution in [1.82, 2.24) is 0 Å². The van der Waals surface area contributed by atoms with E-state index in [2.05, 4.69) is 21.2 Å². The summed E-state index contributed by atoms with van der Waals surface area (Å²) in [5, 5.41) is 2.43. The average molecular weight is 246 g/mol. The second-order valence-corrected chi connectivity index (χ2v) is 3.53. The van der Waals surface area contributed by atoms with Crippen LogP contribution in [0.15, 0.2) is 28.7 Å². The smallest absolute Gasteiger partial charge is 0.258 e. The highest BCUT2D eigenvalue weighted by Gasteiger charge is 2.09. The number of anilines is 1. The molecule has 1 rings (SSSR count). The van der Waals surface area contributed by atoms with Crippen LogP contribution in [0.2, 0.25) is 0 Å². The van der Waals surface area contributed by atoms with Gasteiger partial charge in [0.1, 0.15) is 0 Å². The minimum Gasteiger partial charge on any atom is -0.324 e. The lowest BCUT2D eigenvalue weighted by atomic mass is 10.3. The molecule has 0 aliphatic rings. The molecule has 0 radical (unpaired) electrons. The largest absolute Gasteiger partial charge is 0.324 e. The fourth-order valence-corrected chi connectivity index (χ4v) is 1.04. The highest BCUT2D eigenvalue weighted by Crippen LogP contribution is 2.14. The fourth-order valence-electron chi connectivity index (χ4n) is 0.775. The van der Waals surface area contributed by atoms with E-state index in [0.29, 0.717) is 5.69 Å². The molecule has 0 saturated carbocycles. The summed E-state index contributed by atoms with van der Waals surface area (Å²) in [6.07, 6.45) is -1.48. The quantitative estimate of drug-likeness (QED) is 0.854. The van der Waals surface area contributed by atoms with Crippen LogP contribution in [0.25, 0.3) is 0 Å². The fraction of sp³-hybridized carbons (Fsp3) is 0.222. The zero-order valence-corrected chi connectivity index (χ0v) is 8.64. The monoisotopic (exact) mass is 245 g/mol. The van der Waals surface area contributed by atoms with Gasteiger partial charge >= 0.3 is 0 Å². The number of alkyl halides is 1. The van der Waals surface area contributed by atoms with Crippen LogP contribution in [0.3, 0.4) is 0 Å². The van der Waals surface area contributed by atoms with Crippen LogP contribution in [0.5, 0.6) is 0 Å². The highest BCUT2D eigenvalue weighted by molar-refractivity contribution is 9.10. The van der Waals surface area contributed by atoms with Gasteiger partial charge < -0.3 is 5.32 Å². The molecule has 1 aromatic rings. The standard InChI is InChI=1S/C9H9BrFNO/c1-6(11)9(13)12-8-4-2-7(10)3-5-8/h2-6H,1H3,(H,12,13). The van der Waals surface area contributed by atoms with Crippen LogP contribution in [0.1, 0.15) is 6.92 Å². The number of halogens is 2. The van der Waals surface area contributed by atoms with Gasteiger partial charge in [0.2, 0.25) is 0 Å². The average Bonchev–Trinajstić information content (AvgIpc) is 2.08. The Hall–Kier alpha value is -0.900. The van der Waals surface area contributed by atoms with Crippen molar-refractivity contribution in [2.45, 2.75) is 13.1 Å². The first-order chi connectivity index (χ1) is 6.09. The van der Waals surface area contributed by atoms with Crippen LogP contribution >= 0.6 is 15.9 Å². The summed E-state index contributed by atoms with van der Waals surface area (Å²) >= 11 is 3.25. The number of benzene rings is 1. The minimum absolute atomic E-state index is 0.595. The lowest BCUT2D eigenvalue weighted by Gasteiger charge is -2.04. The SMILES string of the molecule is CC(F)C(=O)Nc1ccc(Br)cc1. The van der Waals surface area contributed by atoms with Gasteiger partial charge in [-0.3, -0.25) is 4.79 Å². The zero-order valence-electron chi connectivity index (χ0n) is 7.05. The van der Waals surface area contributed by atoms with E-state index in [4.69, 9.17) is 0 Å². The molecule has 70 valence electrons. The predicted octanol–water partition coefficient (Wildman–Crippen LogP) is 2.75. The van der Waals surface area contributed by atoms with Gasteiger partial charge in [-0.05, 0) is 31.2 Å². The van der Waals surface area contributed by atoms with Gasteiger partial charge in [0.25, 0.3) is 5.91 Å². The molecule has 0 aliphatic heterocycles. The van der Waals surface area contributed by atoms with E-state index in [1.807, 2.05) is 0 Å². The van der Waals surface area contributed by atoms with E-state index < -0.39 is 12.1 Å². The van der Waals surface area contributed by atoms with Crippen LogP contribution in [0, 0.1) is 0 Å². The number of amides is 1. The van der Waals surface area contributed by atoms with E-state index in [0.717, 1.165) is 4.47 Å². The Bertz CT molecular complexity index is 297. The molecule has 0 spiro atoms. The zero-order chi connectivity index (χ0) is 9.84. The number of hydrogen-bond acceptors (Lipinski definition) is 1. The molecule has 0 aliphatic carbocycles. The van der Waals surface area contributed by atoms with Gasteiger partial charge in [-0.2, -0.15) is 0 Å². The van der Waals surface area contributed by atoms with Crippen molar-refractivity contribution in [2.24, 2.45) is 0 Å². The van der Waals surface area contributed by atoms with Crippen LogP contribution in [0.4, 0.5) is 10.1 Å².